The van der Waals surface area contributed by atoms with Crippen LogP contribution >= 0.6 is 15.9 Å². The van der Waals surface area contributed by atoms with Crippen LogP contribution in [0.1, 0.15) is 19.4 Å². The molecule has 1 amide bonds. The molecule has 0 fully saturated rings. The number of anilines is 1. The zero-order valence-corrected chi connectivity index (χ0v) is 11.6. The zero-order chi connectivity index (χ0) is 13.2. The Bertz CT molecular complexity index is 435. The molecule has 0 heterocycles. The molecule has 5 heteroatoms. The van der Waals surface area contributed by atoms with Gasteiger partial charge in [0.15, 0.2) is 0 Å². The number of nitrogens with two attached hydrogens (primary N) is 1. The van der Waals surface area contributed by atoms with Gasteiger partial charge >= 0.3 is 0 Å². The summed E-state index contributed by atoms with van der Waals surface area (Å²) in [6, 6.07) is 2.70. The molecule has 0 aromatic heterocycles. The van der Waals surface area contributed by atoms with Crippen molar-refractivity contribution >= 4 is 27.5 Å². The third-order valence-electron chi connectivity index (χ3n) is 2.73. The highest BCUT2D eigenvalue weighted by Gasteiger charge is 2.18. The summed E-state index contributed by atoms with van der Waals surface area (Å²) in [7, 11) is 0. The minimum atomic E-state index is -0.347. The largest absolute Gasteiger partial charge is 0.327 e. The van der Waals surface area contributed by atoms with Crippen LogP contribution in [0.25, 0.3) is 0 Å². The molecule has 0 bridgehead atoms. The molecule has 1 aromatic rings. The molecule has 0 saturated carbocycles. The summed E-state index contributed by atoms with van der Waals surface area (Å²) in [5, 5.41) is 2.74. The predicted molar refractivity (Wildman–Crippen MR) is 70.3 cm³/mol. The molecule has 2 unspecified atom stereocenters. The van der Waals surface area contributed by atoms with Crippen molar-refractivity contribution in [3.63, 3.8) is 0 Å². The third kappa shape index (κ3) is 3.51. The minimum absolute atomic E-state index is 0.165. The normalized spacial score (nSPS) is 14.2. The van der Waals surface area contributed by atoms with E-state index in [-0.39, 0.29) is 23.7 Å². The number of hydrogen-bond acceptors (Lipinski definition) is 2. The van der Waals surface area contributed by atoms with Gasteiger partial charge in [-0.2, -0.15) is 0 Å². The van der Waals surface area contributed by atoms with Crippen molar-refractivity contribution in [1.82, 2.24) is 0 Å². The van der Waals surface area contributed by atoms with Gasteiger partial charge in [-0.3, -0.25) is 4.79 Å². The maximum Gasteiger partial charge on any atom is 0.228 e. The van der Waals surface area contributed by atoms with Gasteiger partial charge in [0, 0.05) is 11.7 Å². The highest BCUT2D eigenvalue weighted by molar-refractivity contribution is 9.10. The van der Waals surface area contributed by atoms with Crippen molar-refractivity contribution in [2.45, 2.75) is 26.8 Å². The fourth-order valence-corrected chi connectivity index (χ4v) is 1.61. The Morgan fingerprint density at radius 1 is 1.47 bits per heavy atom. The van der Waals surface area contributed by atoms with Crippen molar-refractivity contribution in [2.24, 2.45) is 11.7 Å². The Balaban J connectivity index is 2.89. The van der Waals surface area contributed by atoms with Gasteiger partial charge in [0.25, 0.3) is 0 Å². The fourth-order valence-electron chi connectivity index (χ4n) is 1.27. The Kier molecular flexibility index (Phi) is 4.65. The molecule has 0 saturated heterocycles. The lowest BCUT2D eigenvalue weighted by Crippen LogP contribution is -2.34. The number of halogens is 2. The van der Waals surface area contributed by atoms with Crippen LogP contribution in [0.4, 0.5) is 10.1 Å². The SMILES string of the molecule is Cc1cc(F)c(Br)cc1NC(=O)C(C)C(C)N. The zero-order valence-electron chi connectivity index (χ0n) is 10.1. The molecule has 0 aliphatic heterocycles. The summed E-state index contributed by atoms with van der Waals surface area (Å²) >= 11 is 3.09. The Hall–Kier alpha value is -0.940. The van der Waals surface area contributed by atoms with Crippen LogP contribution in [0, 0.1) is 18.7 Å². The molecule has 2 atom stereocenters. The molecule has 1 aromatic carbocycles. The molecule has 1 rings (SSSR count). The second-order valence-electron chi connectivity index (χ2n) is 4.22. The van der Waals surface area contributed by atoms with Gasteiger partial charge in [-0.1, -0.05) is 6.92 Å². The first-order valence-electron chi connectivity index (χ1n) is 5.35. The summed E-state index contributed by atoms with van der Waals surface area (Å²) in [6.45, 7) is 5.27. The maximum absolute atomic E-state index is 13.2. The number of nitrogens with one attached hydrogen (secondary N) is 1. The van der Waals surface area contributed by atoms with Crippen LogP contribution in [0.15, 0.2) is 16.6 Å². The topological polar surface area (TPSA) is 55.1 Å². The van der Waals surface area contributed by atoms with Gasteiger partial charge in [-0.05, 0) is 47.5 Å². The van der Waals surface area contributed by atoms with Gasteiger partial charge < -0.3 is 11.1 Å². The summed E-state index contributed by atoms with van der Waals surface area (Å²) < 4.78 is 13.5. The second kappa shape index (κ2) is 5.60. The molecular weight excluding hydrogens is 287 g/mol. The number of hydrogen-bond donors (Lipinski definition) is 2. The highest BCUT2D eigenvalue weighted by atomic mass is 79.9. The van der Waals surface area contributed by atoms with E-state index < -0.39 is 0 Å². The first-order chi connectivity index (χ1) is 7.82. The Morgan fingerprint density at radius 3 is 2.59 bits per heavy atom. The number of rotatable bonds is 3. The lowest BCUT2D eigenvalue weighted by atomic mass is 10.0. The number of carbonyl (C=O) groups excluding carboxylic acids is 1. The van der Waals surface area contributed by atoms with E-state index >= 15 is 0 Å². The maximum atomic E-state index is 13.2. The second-order valence-corrected chi connectivity index (χ2v) is 5.07. The average Bonchev–Trinajstić information content (AvgIpc) is 2.24. The van der Waals surface area contributed by atoms with Crippen molar-refractivity contribution in [3.8, 4) is 0 Å². The smallest absolute Gasteiger partial charge is 0.228 e. The highest BCUT2D eigenvalue weighted by Crippen LogP contribution is 2.24. The average molecular weight is 303 g/mol. The standard InChI is InChI=1S/C12H16BrFN2O/c1-6-4-10(14)9(13)5-11(6)16-12(17)7(2)8(3)15/h4-5,7-8H,15H2,1-3H3,(H,16,17). The predicted octanol–water partition coefficient (Wildman–Crippen LogP) is 2.82. The molecule has 0 aliphatic rings. The summed E-state index contributed by atoms with van der Waals surface area (Å²) in [4.78, 5) is 11.8. The number of benzene rings is 1. The third-order valence-corrected chi connectivity index (χ3v) is 3.34. The number of amides is 1. The first kappa shape index (κ1) is 14.1. The minimum Gasteiger partial charge on any atom is -0.327 e. The van der Waals surface area contributed by atoms with E-state index in [0.29, 0.717) is 15.7 Å². The molecule has 3 nitrogen and oxygen atoms in total. The quantitative estimate of drug-likeness (QED) is 0.902. The molecule has 17 heavy (non-hydrogen) atoms. The number of aryl methyl sites for hydroxylation is 1. The van der Waals surface area contributed by atoms with Crippen LogP contribution in [0.5, 0.6) is 0 Å². The van der Waals surface area contributed by atoms with E-state index in [0.717, 1.165) is 0 Å². The van der Waals surface area contributed by atoms with Crippen molar-refractivity contribution < 1.29 is 9.18 Å². The van der Waals surface area contributed by atoms with Crippen molar-refractivity contribution in [1.29, 1.82) is 0 Å². The van der Waals surface area contributed by atoms with E-state index in [2.05, 4.69) is 21.2 Å². The van der Waals surface area contributed by atoms with E-state index in [1.165, 1.54) is 6.07 Å². The van der Waals surface area contributed by atoms with Crippen LogP contribution < -0.4 is 11.1 Å². The van der Waals surface area contributed by atoms with Crippen LogP contribution in [-0.2, 0) is 4.79 Å². The van der Waals surface area contributed by atoms with Crippen molar-refractivity contribution in [3.05, 3.63) is 28.0 Å². The molecule has 0 radical (unpaired) electrons. The van der Waals surface area contributed by atoms with Gasteiger partial charge in [0.1, 0.15) is 5.82 Å². The molecule has 0 spiro atoms. The van der Waals surface area contributed by atoms with E-state index in [1.54, 1.807) is 26.8 Å². The van der Waals surface area contributed by atoms with Crippen LogP contribution in [0.2, 0.25) is 0 Å². The van der Waals surface area contributed by atoms with Crippen LogP contribution in [-0.4, -0.2) is 11.9 Å². The monoisotopic (exact) mass is 302 g/mol. The lowest BCUT2D eigenvalue weighted by molar-refractivity contribution is -0.119. The fraction of sp³-hybridized carbons (Fsp3) is 0.417. The first-order valence-corrected chi connectivity index (χ1v) is 6.14. The molecule has 94 valence electrons. The van der Waals surface area contributed by atoms with E-state index in [1.807, 2.05) is 0 Å². The van der Waals surface area contributed by atoms with Gasteiger partial charge in [0.2, 0.25) is 5.91 Å². The summed E-state index contributed by atoms with van der Waals surface area (Å²) in [5.74, 6) is -0.805. The van der Waals surface area contributed by atoms with E-state index in [4.69, 9.17) is 5.73 Å². The van der Waals surface area contributed by atoms with Crippen LogP contribution in [0.3, 0.4) is 0 Å². The van der Waals surface area contributed by atoms with Crippen molar-refractivity contribution in [2.75, 3.05) is 5.32 Å². The van der Waals surface area contributed by atoms with Gasteiger partial charge in [-0.15, -0.1) is 0 Å². The molecule has 0 aliphatic carbocycles. The Labute approximate surface area is 109 Å². The summed E-state index contributed by atoms with van der Waals surface area (Å²) in [5.41, 5.74) is 6.92. The van der Waals surface area contributed by atoms with Gasteiger partial charge in [-0.25, -0.2) is 4.39 Å². The van der Waals surface area contributed by atoms with Gasteiger partial charge in [0.05, 0.1) is 10.4 Å². The Morgan fingerprint density at radius 2 is 2.06 bits per heavy atom. The van der Waals surface area contributed by atoms with E-state index in [9.17, 15) is 9.18 Å². The molecule has 3 N–H and O–H groups in total. The molecular formula is C12H16BrFN2O. The number of carbonyl (C=O) groups is 1. The summed E-state index contributed by atoms with van der Waals surface area (Å²) in [6.07, 6.45) is 0. The lowest BCUT2D eigenvalue weighted by Gasteiger charge is -2.16.